The third-order valence-corrected chi connectivity index (χ3v) is 3.10. The summed E-state index contributed by atoms with van der Waals surface area (Å²) in [6, 6.07) is 0. The number of hydrogen-bond acceptors (Lipinski definition) is 1. The average molecular weight is 195 g/mol. The van der Waals surface area contributed by atoms with Gasteiger partial charge in [0.15, 0.2) is 0 Å². The monoisotopic (exact) mass is 194 g/mol. The number of rotatable bonds is 4. The van der Waals surface area contributed by atoms with Gasteiger partial charge in [-0.15, -0.1) is 11.6 Å². The van der Waals surface area contributed by atoms with E-state index in [4.69, 9.17) is 11.6 Å². The zero-order valence-corrected chi connectivity index (χ0v) is 9.56. The first kappa shape index (κ1) is 11.6. The van der Waals surface area contributed by atoms with Crippen molar-refractivity contribution in [1.29, 1.82) is 0 Å². The first-order chi connectivity index (χ1) is 5.02. The molecule has 0 saturated heterocycles. The van der Waals surface area contributed by atoms with E-state index in [-0.39, 0.29) is 0 Å². The summed E-state index contributed by atoms with van der Waals surface area (Å²) < 4.78 is 0. The first-order valence-corrected chi connectivity index (χ1v) is 6.00. The molecule has 0 rings (SSSR count). The van der Waals surface area contributed by atoms with E-state index in [0.29, 0.717) is 11.3 Å². The zero-order chi connectivity index (χ0) is 8.91. The number of thioether (sulfide) groups is 1. The highest BCUT2D eigenvalue weighted by molar-refractivity contribution is 7.98. The van der Waals surface area contributed by atoms with Crippen molar-refractivity contribution in [3.05, 3.63) is 0 Å². The van der Waals surface area contributed by atoms with Gasteiger partial charge in [-0.05, 0) is 29.8 Å². The maximum atomic E-state index is 5.88. The SMILES string of the molecule is CSCCC(CCl)C(C)(C)C. The highest BCUT2D eigenvalue weighted by atomic mass is 35.5. The summed E-state index contributed by atoms with van der Waals surface area (Å²) >= 11 is 7.78. The quantitative estimate of drug-likeness (QED) is 0.616. The smallest absolute Gasteiger partial charge is 0.0257 e. The molecule has 0 aliphatic heterocycles. The fourth-order valence-corrected chi connectivity index (χ4v) is 2.14. The molecule has 0 aliphatic carbocycles. The third-order valence-electron chi connectivity index (χ3n) is 2.08. The molecule has 0 N–H and O–H groups in total. The van der Waals surface area contributed by atoms with Gasteiger partial charge in [0.05, 0.1) is 0 Å². The van der Waals surface area contributed by atoms with Gasteiger partial charge in [-0.25, -0.2) is 0 Å². The van der Waals surface area contributed by atoms with Crippen LogP contribution in [0.2, 0.25) is 0 Å². The minimum absolute atomic E-state index is 0.373. The van der Waals surface area contributed by atoms with Gasteiger partial charge >= 0.3 is 0 Å². The molecule has 0 aromatic rings. The molecule has 11 heavy (non-hydrogen) atoms. The lowest BCUT2D eigenvalue weighted by molar-refractivity contribution is 0.260. The summed E-state index contributed by atoms with van der Waals surface area (Å²) in [5, 5.41) is 0. The molecule has 0 amide bonds. The third kappa shape index (κ3) is 4.97. The van der Waals surface area contributed by atoms with Crippen LogP contribution in [0.25, 0.3) is 0 Å². The second-order valence-corrected chi connectivity index (χ2v) is 5.29. The Morgan fingerprint density at radius 3 is 2.18 bits per heavy atom. The molecule has 0 nitrogen and oxygen atoms in total. The van der Waals surface area contributed by atoms with Crippen LogP contribution in [-0.4, -0.2) is 17.9 Å². The van der Waals surface area contributed by atoms with Gasteiger partial charge in [0.25, 0.3) is 0 Å². The lowest BCUT2D eigenvalue weighted by atomic mass is 9.80. The van der Waals surface area contributed by atoms with Crippen LogP contribution in [0.4, 0.5) is 0 Å². The van der Waals surface area contributed by atoms with Gasteiger partial charge in [0.1, 0.15) is 0 Å². The Bertz CT molecular complexity index is 96.2. The Morgan fingerprint density at radius 2 is 1.91 bits per heavy atom. The van der Waals surface area contributed by atoms with Crippen LogP contribution in [0, 0.1) is 11.3 Å². The van der Waals surface area contributed by atoms with Crippen molar-refractivity contribution in [1.82, 2.24) is 0 Å². The van der Waals surface area contributed by atoms with Gasteiger partial charge in [-0.1, -0.05) is 20.8 Å². The molecule has 0 saturated carbocycles. The van der Waals surface area contributed by atoms with E-state index in [0.717, 1.165) is 5.88 Å². The van der Waals surface area contributed by atoms with E-state index in [2.05, 4.69) is 27.0 Å². The summed E-state index contributed by atoms with van der Waals surface area (Å²) in [7, 11) is 0. The van der Waals surface area contributed by atoms with Crippen LogP contribution in [0.15, 0.2) is 0 Å². The molecular weight excluding hydrogens is 176 g/mol. The van der Waals surface area contributed by atoms with Crippen LogP contribution in [0.5, 0.6) is 0 Å². The summed E-state index contributed by atoms with van der Waals surface area (Å²) in [5.74, 6) is 2.69. The van der Waals surface area contributed by atoms with Crippen molar-refractivity contribution < 1.29 is 0 Å². The standard InChI is InChI=1S/C9H19ClS/c1-9(2,3)8(7-10)5-6-11-4/h8H,5-7H2,1-4H3. The van der Waals surface area contributed by atoms with Gasteiger partial charge in [-0.2, -0.15) is 11.8 Å². The van der Waals surface area contributed by atoms with Crippen LogP contribution < -0.4 is 0 Å². The highest BCUT2D eigenvalue weighted by Crippen LogP contribution is 2.30. The van der Waals surface area contributed by atoms with Gasteiger partial charge < -0.3 is 0 Å². The van der Waals surface area contributed by atoms with Crippen molar-refractivity contribution in [3.8, 4) is 0 Å². The number of alkyl halides is 1. The molecule has 0 aromatic carbocycles. The lowest BCUT2D eigenvalue weighted by Gasteiger charge is -2.28. The zero-order valence-electron chi connectivity index (χ0n) is 7.98. The van der Waals surface area contributed by atoms with E-state index in [9.17, 15) is 0 Å². The topological polar surface area (TPSA) is 0 Å². The molecule has 1 atom stereocenters. The summed E-state index contributed by atoms with van der Waals surface area (Å²) in [6.45, 7) is 6.79. The second-order valence-electron chi connectivity index (χ2n) is 4.00. The van der Waals surface area contributed by atoms with Crippen LogP contribution in [0.3, 0.4) is 0 Å². The van der Waals surface area contributed by atoms with E-state index < -0.39 is 0 Å². The predicted molar refractivity (Wildman–Crippen MR) is 56.7 cm³/mol. The minimum atomic E-state index is 0.373. The largest absolute Gasteiger partial charge is 0.165 e. The van der Waals surface area contributed by atoms with E-state index in [1.165, 1.54) is 12.2 Å². The second kappa shape index (κ2) is 5.31. The maximum Gasteiger partial charge on any atom is 0.0257 e. The Kier molecular flexibility index (Phi) is 5.62. The highest BCUT2D eigenvalue weighted by Gasteiger charge is 2.22. The fraction of sp³-hybridized carbons (Fsp3) is 1.00. The predicted octanol–water partition coefficient (Wildman–Crippen LogP) is 3.64. The molecule has 0 bridgehead atoms. The lowest BCUT2D eigenvalue weighted by Crippen LogP contribution is -2.22. The van der Waals surface area contributed by atoms with Crippen molar-refractivity contribution in [2.24, 2.45) is 11.3 Å². The van der Waals surface area contributed by atoms with Crippen molar-refractivity contribution in [2.75, 3.05) is 17.9 Å². The molecule has 1 unspecified atom stereocenters. The molecule has 0 aliphatic rings. The Labute approximate surface area is 80.1 Å². The molecule has 0 heterocycles. The van der Waals surface area contributed by atoms with E-state index in [1.807, 2.05) is 11.8 Å². The summed E-state index contributed by atoms with van der Waals surface area (Å²) in [5.41, 5.74) is 0.373. The van der Waals surface area contributed by atoms with Crippen molar-refractivity contribution >= 4 is 23.4 Å². The Balaban J connectivity index is 3.76. The van der Waals surface area contributed by atoms with Crippen molar-refractivity contribution in [2.45, 2.75) is 27.2 Å². The van der Waals surface area contributed by atoms with Crippen LogP contribution >= 0.6 is 23.4 Å². The maximum absolute atomic E-state index is 5.88. The molecule has 68 valence electrons. The van der Waals surface area contributed by atoms with Gasteiger partial charge in [0, 0.05) is 5.88 Å². The molecule has 0 fully saturated rings. The minimum Gasteiger partial charge on any atom is -0.165 e. The Hall–Kier alpha value is 0.640. The van der Waals surface area contributed by atoms with Crippen molar-refractivity contribution in [3.63, 3.8) is 0 Å². The molecule has 0 aromatic heterocycles. The summed E-state index contributed by atoms with van der Waals surface area (Å²) in [4.78, 5) is 0. The Morgan fingerprint density at radius 1 is 1.36 bits per heavy atom. The first-order valence-electron chi connectivity index (χ1n) is 4.07. The van der Waals surface area contributed by atoms with Crippen LogP contribution in [-0.2, 0) is 0 Å². The van der Waals surface area contributed by atoms with Crippen LogP contribution in [0.1, 0.15) is 27.2 Å². The van der Waals surface area contributed by atoms with E-state index >= 15 is 0 Å². The molecule has 2 heteroatoms. The number of halogens is 1. The van der Waals surface area contributed by atoms with Gasteiger partial charge in [0.2, 0.25) is 0 Å². The summed E-state index contributed by atoms with van der Waals surface area (Å²) in [6.07, 6.45) is 3.39. The van der Waals surface area contributed by atoms with E-state index in [1.54, 1.807) is 0 Å². The van der Waals surface area contributed by atoms with Gasteiger partial charge in [-0.3, -0.25) is 0 Å². The fourth-order valence-electron chi connectivity index (χ4n) is 1.00. The average Bonchev–Trinajstić information content (AvgIpc) is 1.87. The molecule has 0 spiro atoms. The normalized spacial score (nSPS) is 15.0. The molecular formula is C9H19ClS. The molecule has 0 radical (unpaired) electrons. The number of hydrogen-bond donors (Lipinski definition) is 0.